The number of aryl methyl sites for hydroxylation is 1. The van der Waals surface area contributed by atoms with Gasteiger partial charge in [-0.1, -0.05) is 11.6 Å². The molecule has 1 aromatic rings. The number of carbonyl (C=O) groups is 1. The van der Waals surface area contributed by atoms with E-state index in [4.69, 9.17) is 5.26 Å². The molecule has 1 aromatic carbocycles. The van der Waals surface area contributed by atoms with Crippen LogP contribution in [0.1, 0.15) is 35.2 Å². The van der Waals surface area contributed by atoms with Crippen LogP contribution in [0.15, 0.2) is 18.2 Å². The third-order valence-electron chi connectivity index (χ3n) is 3.39. The molecule has 0 spiro atoms. The zero-order valence-electron chi connectivity index (χ0n) is 11.4. The van der Waals surface area contributed by atoms with Crippen LogP contribution in [0.2, 0.25) is 0 Å². The molecule has 1 saturated carbocycles. The van der Waals surface area contributed by atoms with Gasteiger partial charge in [-0.05, 0) is 31.9 Å². The Hall–Kier alpha value is -2.02. The lowest BCUT2D eigenvalue weighted by Crippen LogP contribution is -2.34. The molecule has 100 valence electrons. The monoisotopic (exact) mass is 257 g/mol. The summed E-state index contributed by atoms with van der Waals surface area (Å²) in [6.07, 6.45) is 2.50. The molecule has 1 aliphatic rings. The largest absolute Gasteiger partial charge is 0.387 e. The van der Waals surface area contributed by atoms with Crippen LogP contribution in [0.5, 0.6) is 0 Å². The normalized spacial score (nSPS) is 13.7. The molecular weight excluding hydrogens is 238 g/mol. The standard InChI is InChI=1S/C15H19N3O/c1-11-4-7-14(17-2)13(10-11)15(19)18(9-3-8-16)12-5-6-12/h4,7,10,12,17H,3,5-6,9H2,1-2H3. The van der Waals surface area contributed by atoms with Crippen molar-refractivity contribution in [3.05, 3.63) is 29.3 Å². The summed E-state index contributed by atoms with van der Waals surface area (Å²) in [5.74, 6) is 0.0331. The van der Waals surface area contributed by atoms with Gasteiger partial charge in [0, 0.05) is 25.3 Å². The van der Waals surface area contributed by atoms with E-state index in [1.165, 1.54) is 0 Å². The molecule has 2 rings (SSSR count). The molecule has 1 N–H and O–H groups in total. The van der Waals surface area contributed by atoms with Crippen molar-refractivity contribution in [3.63, 3.8) is 0 Å². The average Bonchev–Trinajstić information content (AvgIpc) is 3.23. The van der Waals surface area contributed by atoms with Gasteiger partial charge in [0.05, 0.1) is 18.1 Å². The fraction of sp³-hybridized carbons (Fsp3) is 0.467. The highest BCUT2D eigenvalue weighted by Crippen LogP contribution is 2.30. The molecule has 0 heterocycles. The molecule has 4 heteroatoms. The van der Waals surface area contributed by atoms with E-state index < -0.39 is 0 Å². The Bertz CT molecular complexity index is 515. The molecule has 0 bridgehead atoms. The van der Waals surface area contributed by atoms with Gasteiger partial charge in [-0.15, -0.1) is 0 Å². The Morgan fingerprint density at radius 2 is 2.26 bits per heavy atom. The van der Waals surface area contributed by atoms with E-state index in [-0.39, 0.29) is 5.91 Å². The summed E-state index contributed by atoms with van der Waals surface area (Å²) in [5.41, 5.74) is 2.61. The minimum Gasteiger partial charge on any atom is -0.387 e. The first-order valence-corrected chi connectivity index (χ1v) is 6.63. The number of carbonyl (C=O) groups excluding carboxylic acids is 1. The number of benzene rings is 1. The zero-order valence-corrected chi connectivity index (χ0v) is 11.4. The van der Waals surface area contributed by atoms with Gasteiger partial charge < -0.3 is 10.2 Å². The highest BCUT2D eigenvalue weighted by atomic mass is 16.2. The number of nitrogens with zero attached hydrogens (tertiary/aromatic N) is 2. The lowest BCUT2D eigenvalue weighted by molar-refractivity contribution is 0.0747. The van der Waals surface area contributed by atoms with E-state index in [1.54, 1.807) is 0 Å². The molecule has 1 fully saturated rings. The maximum absolute atomic E-state index is 12.6. The lowest BCUT2D eigenvalue weighted by atomic mass is 10.1. The molecular formula is C15H19N3O. The summed E-state index contributed by atoms with van der Waals surface area (Å²) in [5, 5.41) is 11.8. The van der Waals surface area contributed by atoms with Crippen molar-refractivity contribution in [2.75, 3.05) is 18.9 Å². The second kappa shape index (κ2) is 5.75. The van der Waals surface area contributed by atoms with Gasteiger partial charge in [0.1, 0.15) is 0 Å². The van der Waals surface area contributed by atoms with Crippen LogP contribution in [-0.4, -0.2) is 30.4 Å². The molecule has 0 aromatic heterocycles. The van der Waals surface area contributed by atoms with Crippen LogP contribution in [0.25, 0.3) is 0 Å². The first-order chi connectivity index (χ1) is 9.17. The summed E-state index contributed by atoms with van der Waals surface area (Å²) in [6, 6.07) is 8.27. The molecule has 1 aliphatic carbocycles. The predicted molar refractivity (Wildman–Crippen MR) is 75.0 cm³/mol. The van der Waals surface area contributed by atoms with E-state index in [2.05, 4.69) is 11.4 Å². The predicted octanol–water partition coefficient (Wildman–Crippen LogP) is 2.56. The van der Waals surface area contributed by atoms with Crippen LogP contribution in [0.4, 0.5) is 5.69 Å². The van der Waals surface area contributed by atoms with E-state index in [0.717, 1.165) is 24.1 Å². The zero-order chi connectivity index (χ0) is 13.8. The number of amides is 1. The van der Waals surface area contributed by atoms with Crippen LogP contribution < -0.4 is 5.32 Å². The van der Waals surface area contributed by atoms with Gasteiger partial charge in [0.15, 0.2) is 0 Å². The van der Waals surface area contributed by atoms with Crippen molar-refractivity contribution < 1.29 is 4.79 Å². The fourth-order valence-electron chi connectivity index (χ4n) is 2.21. The quantitative estimate of drug-likeness (QED) is 0.882. The summed E-state index contributed by atoms with van der Waals surface area (Å²) in [6.45, 7) is 2.50. The summed E-state index contributed by atoms with van der Waals surface area (Å²) >= 11 is 0. The maximum Gasteiger partial charge on any atom is 0.256 e. The summed E-state index contributed by atoms with van der Waals surface area (Å²) in [7, 11) is 1.82. The fourth-order valence-corrected chi connectivity index (χ4v) is 2.21. The Kier molecular flexibility index (Phi) is 4.06. The Balaban J connectivity index is 2.25. The smallest absolute Gasteiger partial charge is 0.256 e. The van der Waals surface area contributed by atoms with Crippen LogP contribution >= 0.6 is 0 Å². The van der Waals surface area contributed by atoms with Crippen LogP contribution in [-0.2, 0) is 0 Å². The third kappa shape index (κ3) is 3.05. The second-order valence-electron chi connectivity index (χ2n) is 4.94. The minimum atomic E-state index is 0.0331. The molecule has 0 radical (unpaired) electrons. The number of hydrogen-bond donors (Lipinski definition) is 1. The van der Waals surface area contributed by atoms with E-state index in [1.807, 2.05) is 37.1 Å². The van der Waals surface area contributed by atoms with Crippen LogP contribution in [0.3, 0.4) is 0 Å². The van der Waals surface area contributed by atoms with Crippen molar-refractivity contribution >= 4 is 11.6 Å². The van der Waals surface area contributed by atoms with Crippen molar-refractivity contribution in [3.8, 4) is 6.07 Å². The van der Waals surface area contributed by atoms with Crippen LogP contribution in [0, 0.1) is 18.3 Å². The number of nitriles is 1. The van der Waals surface area contributed by atoms with Crippen molar-refractivity contribution in [2.45, 2.75) is 32.2 Å². The molecule has 1 amide bonds. The van der Waals surface area contributed by atoms with Gasteiger partial charge in [-0.2, -0.15) is 5.26 Å². The van der Waals surface area contributed by atoms with Gasteiger partial charge in [0.25, 0.3) is 5.91 Å². The number of rotatable bonds is 5. The Morgan fingerprint density at radius 3 is 2.84 bits per heavy atom. The summed E-state index contributed by atoms with van der Waals surface area (Å²) in [4.78, 5) is 14.5. The van der Waals surface area contributed by atoms with Crippen molar-refractivity contribution in [1.29, 1.82) is 5.26 Å². The maximum atomic E-state index is 12.6. The second-order valence-corrected chi connectivity index (χ2v) is 4.94. The highest BCUT2D eigenvalue weighted by molar-refractivity contribution is 6.00. The number of hydrogen-bond acceptors (Lipinski definition) is 3. The summed E-state index contributed by atoms with van der Waals surface area (Å²) < 4.78 is 0. The Labute approximate surface area is 114 Å². The van der Waals surface area contributed by atoms with Gasteiger partial charge in [-0.25, -0.2) is 0 Å². The van der Waals surface area contributed by atoms with E-state index in [0.29, 0.717) is 24.6 Å². The first-order valence-electron chi connectivity index (χ1n) is 6.63. The highest BCUT2D eigenvalue weighted by Gasteiger charge is 2.33. The van der Waals surface area contributed by atoms with E-state index in [9.17, 15) is 4.79 Å². The molecule has 0 aliphatic heterocycles. The number of nitrogens with one attached hydrogen (secondary N) is 1. The average molecular weight is 257 g/mol. The first kappa shape index (κ1) is 13.4. The molecule has 4 nitrogen and oxygen atoms in total. The van der Waals surface area contributed by atoms with Crippen molar-refractivity contribution in [2.24, 2.45) is 0 Å². The molecule has 0 unspecified atom stereocenters. The Morgan fingerprint density at radius 1 is 1.53 bits per heavy atom. The topological polar surface area (TPSA) is 56.1 Å². The van der Waals surface area contributed by atoms with Gasteiger partial charge in [0.2, 0.25) is 0 Å². The minimum absolute atomic E-state index is 0.0331. The lowest BCUT2D eigenvalue weighted by Gasteiger charge is -2.22. The van der Waals surface area contributed by atoms with Gasteiger partial charge in [-0.3, -0.25) is 4.79 Å². The van der Waals surface area contributed by atoms with E-state index >= 15 is 0 Å². The SMILES string of the molecule is CNc1ccc(C)cc1C(=O)N(CCC#N)C1CC1. The van der Waals surface area contributed by atoms with Gasteiger partial charge >= 0.3 is 0 Å². The third-order valence-corrected chi connectivity index (χ3v) is 3.39. The number of anilines is 1. The molecule has 19 heavy (non-hydrogen) atoms. The molecule has 0 atom stereocenters. The van der Waals surface area contributed by atoms with Crippen molar-refractivity contribution in [1.82, 2.24) is 4.90 Å². The molecule has 0 saturated heterocycles.